The molecular formula is C27H32F3N9O3. The number of nitrogens with zero attached hydrogens (tertiary/aromatic N) is 7. The summed E-state index contributed by atoms with van der Waals surface area (Å²) in [5, 5.41) is 7.04. The zero-order valence-corrected chi connectivity index (χ0v) is 23.1. The number of carbonyl (C=O) groups is 2. The lowest BCUT2D eigenvalue weighted by molar-refractivity contribution is -0.137. The number of amides is 2. The van der Waals surface area contributed by atoms with E-state index in [9.17, 15) is 22.8 Å². The first kappa shape index (κ1) is 29.3. The number of nitrogens with two attached hydrogens (primary N) is 1. The standard InChI is InChI=1S/C27H32F3N9O3/c1-2-3-23(40)33-15-24(41)37-6-4-36(5-7-37)16-18-12-21-26(38-8-10-42-11-9-38)34-25(35-39(21)17-18)19-14-32-22(31)13-20(19)27(28,29)30/h2-3,12-14,17H,4-11,15-16H2,1H3,(H2,31,32)(H,33,40)/b3-2-. The van der Waals surface area contributed by atoms with Gasteiger partial charge in [0.05, 0.1) is 30.9 Å². The van der Waals surface area contributed by atoms with E-state index in [4.69, 9.17) is 10.5 Å². The molecule has 224 valence electrons. The Bertz CT molecular complexity index is 1480. The van der Waals surface area contributed by atoms with Crippen LogP contribution in [0.5, 0.6) is 0 Å². The maximum atomic E-state index is 13.9. The van der Waals surface area contributed by atoms with Gasteiger partial charge < -0.3 is 25.6 Å². The van der Waals surface area contributed by atoms with Crippen LogP contribution in [0.25, 0.3) is 16.9 Å². The van der Waals surface area contributed by atoms with Crippen LogP contribution in [0.1, 0.15) is 18.1 Å². The summed E-state index contributed by atoms with van der Waals surface area (Å²) < 4.78 is 48.8. The van der Waals surface area contributed by atoms with Gasteiger partial charge in [0.1, 0.15) is 11.3 Å². The van der Waals surface area contributed by atoms with Crippen LogP contribution in [0.4, 0.5) is 24.8 Å². The summed E-state index contributed by atoms with van der Waals surface area (Å²) in [5.74, 6) is -0.302. The Morgan fingerprint density at radius 1 is 1.12 bits per heavy atom. The van der Waals surface area contributed by atoms with E-state index in [-0.39, 0.29) is 35.6 Å². The molecule has 0 aliphatic carbocycles. The van der Waals surface area contributed by atoms with Gasteiger partial charge in [0.2, 0.25) is 11.8 Å². The van der Waals surface area contributed by atoms with Crippen LogP contribution in [0, 0.1) is 0 Å². The van der Waals surface area contributed by atoms with E-state index in [0.717, 1.165) is 17.8 Å². The normalized spacial score (nSPS) is 16.9. The molecule has 12 nitrogen and oxygen atoms in total. The van der Waals surface area contributed by atoms with Crippen LogP contribution >= 0.6 is 0 Å². The Labute approximate surface area is 239 Å². The van der Waals surface area contributed by atoms with Crippen LogP contribution in [0.2, 0.25) is 0 Å². The van der Waals surface area contributed by atoms with Crippen molar-refractivity contribution >= 4 is 29.0 Å². The number of fused-ring (bicyclic) bond motifs is 1. The number of ether oxygens (including phenoxy) is 1. The highest BCUT2D eigenvalue weighted by Crippen LogP contribution is 2.37. The summed E-state index contributed by atoms with van der Waals surface area (Å²) in [6.45, 7) is 6.50. The Hall–Kier alpha value is -4.24. The lowest BCUT2D eigenvalue weighted by Gasteiger charge is -2.34. The highest BCUT2D eigenvalue weighted by atomic mass is 19.4. The van der Waals surface area contributed by atoms with E-state index in [0.29, 0.717) is 70.4 Å². The molecule has 5 heterocycles. The second-order valence-corrected chi connectivity index (χ2v) is 10.1. The van der Waals surface area contributed by atoms with Gasteiger partial charge in [-0.05, 0) is 30.7 Å². The maximum Gasteiger partial charge on any atom is 0.417 e. The third-order valence-corrected chi connectivity index (χ3v) is 7.15. The van der Waals surface area contributed by atoms with E-state index in [2.05, 4.69) is 25.3 Å². The predicted molar refractivity (Wildman–Crippen MR) is 148 cm³/mol. The van der Waals surface area contributed by atoms with E-state index in [1.165, 1.54) is 6.08 Å². The van der Waals surface area contributed by atoms with Crippen molar-refractivity contribution in [2.45, 2.75) is 19.6 Å². The summed E-state index contributed by atoms with van der Waals surface area (Å²) in [6, 6.07) is 2.73. The third-order valence-electron chi connectivity index (χ3n) is 7.15. The number of anilines is 2. The van der Waals surface area contributed by atoms with Crippen LogP contribution in [-0.4, -0.2) is 100 Å². The van der Waals surface area contributed by atoms with Gasteiger partial charge in [-0.15, -0.1) is 5.10 Å². The summed E-state index contributed by atoms with van der Waals surface area (Å²) in [4.78, 5) is 38.4. The minimum Gasteiger partial charge on any atom is -0.384 e. The van der Waals surface area contributed by atoms with Gasteiger partial charge >= 0.3 is 6.18 Å². The number of hydrogen-bond acceptors (Lipinski definition) is 9. The van der Waals surface area contributed by atoms with Crippen molar-refractivity contribution in [1.29, 1.82) is 0 Å². The minimum absolute atomic E-state index is 0.0566. The first-order valence-corrected chi connectivity index (χ1v) is 13.6. The summed E-state index contributed by atoms with van der Waals surface area (Å²) in [5.41, 5.74) is 5.93. The van der Waals surface area contributed by atoms with Crippen LogP contribution in [0.15, 0.2) is 36.7 Å². The molecule has 5 rings (SSSR count). The van der Waals surface area contributed by atoms with Crippen LogP contribution in [-0.2, 0) is 27.0 Å². The topological polar surface area (TPSA) is 134 Å². The predicted octanol–water partition coefficient (Wildman–Crippen LogP) is 1.57. The fourth-order valence-electron chi connectivity index (χ4n) is 5.03. The Morgan fingerprint density at radius 3 is 2.55 bits per heavy atom. The number of halogens is 3. The number of morpholine rings is 1. The van der Waals surface area contributed by atoms with E-state index < -0.39 is 11.7 Å². The molecule has 15 heteroatoms. The number of allylic oxidation sites excluding steroid dienone is 1. The van der Waals surface area contributed by atoms with Crippen molar-refractivity contribution in [2.24, 2.45) is 0 Å². The zero-order valence-electron chi connectivity index (χ0n) is 23.1. The molecule has 2 aliphatic rings. The van der Waals surface area contributed by atoms with Gasteiger partial charge in [-0.25, -0.2) is 14.5 Å². The number of nitrogen functional groups attached to an aromatic ring is 1. The number of pyridine rings is 1. The van der Waals surface area contributed by atoms with Gasteiger partial charge in [0, 0.05) is 58.2 Å². The number of piperazine rings is 1. The lowest BCUT2D eigenvalue weighted by Crippen LogP contribution is -2.50. The highest BCUT2D eigenvalue weighted by Gasteiger charge is 2.35. The Kier molecular flexibility index (Phi) is 8.59. The highest BCUT2D eigenvalue weighted by molar-refractivity contribution is 5.91. The molecule has 3 N–H and O–H groups in total. The van der Waals surface area contributed by atoms with E-state index in [1.807, 2.05) is 11.0 Å². The van der Waals surface area contributed by atoms with Crippen molar-refractivity contribution < 1.29 is 27.5 Å². The third kappa shape index (κ3) is 6.62. The Balaban J connectivity index is 1.37. The van der Waals surface area contributed by atoms with Crippen LogP contribution < -0.4 is 16.0 Å². The zero-order chi connectivity index (χ0) is 29.9. The number of carbonyl (C=O) groups excluding carboxylic acids is 2. The number of hydrogen-bond donors (Lipinski definition) is 2. The summed E-state index contributed by atoms with van der Waals surface area (Å²) in [7, 11) is 0. The first-order chi connectivity index (χ1) is 20.1. The van der Waals surface area contributed by atoms with Gasteiger partial charge in [-0.2, -0.15) is 13.2 Å². The second kappa shape index (κ2) is 12.3. The molecule has 0 radical (unpaired) electrons. The second-order valence-electron chi connectivity index (χ2n) is 10.1. The quantitative estimate of drug-likeness (QED) is 0.395. The average molecular weight is 588 g/mol. The first-order valence-electron chi connectivity index (χ1n) is 13.6. The number of nitrogens with one attached hydrogen (secondary N) is 1. The number of alkyl halides is 3. The molecule has 0 unspecified atom stereocenters. The number of rotatable bonds is 7. The molecule has 42 heavy (non-hydrogen) atoms. The van der Waals surface area contributed by atoms with E-state index >= 15 is 0 Å². The summed E-state index contributed by atoms with van der Waals surface area (Å²) in [6.07, 6.45) is 1.14. The maximum absolute atomic E-state index is 13.9. The molecule has 2 fully saturated rings. The van der Waals surface area contributed by atoms with Crippen LogP contribution in [0.3, 0.4) is 0 Å². The van der Waals surface area contributed by atoms with E-state index in [1.54, 1.807) is 28.6 Å². The molecule has 3 aromatic rings. The Morgan fingerprint density at radius 2 is 1.86 bits per heavy atom. The van der Waals surface area contributed by atoms with Gasteiger partial charge in [0.25, 0.3) is 0 Å². The molecular weight excluding hydrogens is 555 g/mol. The molecule has 0 atom stereocenters. The SMILES string of the molecule is C/C=C\C(=O)NCC(=O)N1CCN(Cc2cc3c(N4CCOCC4)nc(-c4cnc(N)cc4C(F)(F)F)nn3c2)CC1. The summed E-state index contributed by atoms with van der Waals surface area (Å²) >= 11 is 0. The fourth-order valence-corrected chi connectivity index (χ4v) is 5.03. The smallest absolute Gasteiger partial charge is 0.384 e. The van der Waals surface area contributed by atoms with Gasteiger partial charge in [-0.1, -0.05) is 6.08 Å². The molecule has 2 aliphatic heterocycles. The van der Waals surface area contributed by atoms with Crippen molar-refractivity contribution in [3.63, 3.8) is 0 Å². The fraction of sp³-hybridized carbons (Fsp3) is 0.444. The van der Waals surface area contributed by atoms with Crippen molar-refractivity contribution in [1.82, 2.24) is 34.7 Å². The average Bonchev–Trinajstić information content (AvgIpc) is 3.38. The van der Waals surface area contributed by atoms with Gasteiger partial charge in [-0.3, -0.25) is 14.5 Å². The minimum atomic E-state index is -4.67. The lowest BCUT2D eigenvalue weighted by atomic mass is 10.1. The van der Waals surface area contributed by atoms with Crippen molar-refractivity contribution in [3.05, 3.63) is 47.8 Å². The molecule has 2 amide bonds. The number of aromatic nitrogens is 4. The molecule has 0 saturated carbocycles. The van der Waals surface area contributed by atoms with Crippen molar-refractivity contribution in [3.8, 4) is 11.4 Å². The molecule has 0 aromatic carbocycles. The molecule has 3 aromatic heterocycles. The molecule has 2 saturated heterocycles. The van der Waals surface area contributed by atoms with Crippen molar-refractivity contribution in [2.75, 3.05) is 69.7 Å². The molecule has 0 bridgehead atoms. The monoisotopic (exact) mass is 587 g/mol. The molecule has 0 spiro atoms. The largest absolute Gasteiger partial charge is 0.417 e. The van der Waals surface area contributed by atoms with Gasteiger partial charge in [0.15, 0.2) is 11.6 Å².